The Hall–Kier alpha value is -3.02. The molecule has 1 atom stereocenters. The third-order valence-corrected chi connectivity index (χ3v) is 3.34. The van der Waals surface area contributed by atoms with E-state index in [1.54, 1.807) is 37.3 Å². The van der Waals surface area contributed by atoms with Crippen LogP contribution in [0.1, 0.15) is 18.1 Å². The highest BCUT2D eigenvalue weighted by molar-refractivity contribution is 5.84. The summed E-state index contributed by atoms with van der Waals surface area (Å²) in [6.45, 7) is 5.70. The second-order valence-corrected chi connectivity index (χ2v) is 5.79. The van der Waals surface area contributed by atoms with E-state index in [-0.39, 0.29) is 6.54 Å². The van der Waals surface area contributed by atoms with Gasteiger partial charge in [0.2, 0.25) is 0 Å². The third-order valence-electron chi connectivity index (χ3n) is 3.34. The van der Waals surface area contributed by atoms with Crippen molar-refractivity contribution >= 4 is 17.9 Å². The van der Waals surface area contributed by atoms with Crippen LogP contribution in [0, 0.1) is 13.8 Å². The Morgan fingerprint density at radius 1 is 1.00 bits per heavy atom. The van der Waals surface area contributed by atoms with Gasteiger partial charge in [-0.2, -0.15) is 0 Å². The number of amides is 2. The van der Waals surface area contributed by atoms with Gasteiger partial charge < -0.3 is 14.8 Å². The van der Waals surface area contributed by atoms with Crippen LogP contribution in [0.15, 0.2) is 48.5 Å². The van der Waals surface area contributed by atoms with Gasteiger partial charge in [0, 0.05) is 5.69 Å². The van der Waals surface area contributed by atoms with Gasteiger partial charge in [-0.15, -0.1) is 0 Å². The Bertz CT molecular complexity index is 728. The summed E-state index contributed by atoms with van der Waals surface area (Å²) in [6.07, 6.45) is -1.68. The van der Waals surface area contributed by atoms with Crippen LogP contribution < -0.4 is 15.4 Å². The van der Waals surface area contributed by atoms with Gasteiger partial charge in [-0.3, -0.25) is 5.32 Å². The lowest BCUT2D eigenvalue weighted by Crippen LogP contribution is -2.35. The Labute approximate surface area is 147 Å². The van der Waals surface area contributed by atoms with Gasteiger partial charge in [-0.1, -0.05) is 29.8 Å². The van der Waals surface area contributed by atoms with Crippen molar-refractivity contribution < 1.29 is 19.1 Å². The van der Waals surface area contributed by atoms with E-state index < -0.39 is 18.3 Å². The zero-order valence-corrected chi connectivity index (χ0v) is 14.5. The molecule has 0 saturated carbocycles. The van der Waals surface area contributed by atoms with Gasteiger partial charge in [-0.05, 0) is 50.6 Å². The number of hydrogen-bond donors (Lipinski definition) is 2. The van der Waals surface area contributed by atoms with E-state index in [1.165, 1.54) is 0 Å². The molecule has 0 aliphatic heterocycles. The zero-order valence-electron chi connectivity index (χ0n) is 14.5. The number of carbonyl (C=O) groups is 2. The van der Waals surface area contributed by atoms with E-state index in [0.29, 0.717) is 11.4 Å². The summed E-state index contributed by atoms with van der Waals surface area (Å²) in [7, 11) is 0. The van der Waals surface area contributed by atoms with Crippen LogP contribution in [-0.4, -0.2) is 24.8 Å². The second-order valence-electron chi connectivity index (χ2n) is 5.79. The fourth-order valence-corrected chi connectivity index (χ4v) is 2.06. The Balaban J connectivity index is 1.72. The van der Waals surface area contributed by atoms with Gasteiger partial charge in [0.15, 0.2) is 0 Å². The summed E-state index contributed by atoms with van der Waals surface area (Å²) in [5.74, 6) is 0.461. The molecule has 2 rings (SSSR count). The van der Waals surface area contributed by atoms with Crippen LogP contribution >= 0.6 is 0 Å². The van der Waals surface area contributed by atoms with Gasteiger partial charge in [-0.25, -0.2) is 9.59 Å². The summed E-state index contributed by atoms with van der Waals surface area (Å²) < 4.78 is 10.3. The molecular weight excluding hydrogens is 320 g/mol. The predicted octanol–water partition coefficient (Wildman–Crippen LogP) is 4.03. The van der Waals surface area contributed by atoms with Crippen molar-refractivity contribution in [2.75, 3.05) is 11.9 Å². The van der Waals surface area contributed by atoms with Crippen LogP contribution in [0.3, 0.4) is 0 Å². The first-order valence-electron chi connectivity index (χ1n) is 7.99. The molecule has 2 amide bonds. The van der Waals surface area contributed by atoms with Gasteiger partial charge in [0.25, 0.3) is 0 Å². The molecule has 0 fully saturated rings. The van der Waals surface area contributed by atoms with Gasteiger partial charge >= 0.3 is 12.2 Å². The summed E-state index contributed by atoms with van der Waals surface area (Å²) in [6, 6.07) is 14.5. The quantitative estimate of drug-likeness (QED) is 0.860. The normalized spacial score (nSPS) is 11.3. The summed E-state index contributed by atoms with van der Waals surface area (Å²) in [4.78, 5) is 23.6. The minimum atomic E-state index is -0.597. The van der Waals surface area contributed by atoms with E-state index >= 15 is 0 Å². The third kappa shape index (κ3) is 6.55. The lowest BCUT2D eigenvalue weighted by Gasteiger charge is -2.15. The minimum absolute atomic E-state index is 0.145. The van der Waals surface area contributed by atoms with Crippen LogP contribution in [-0.2, 0) is 4.74 Å². The summed E-state index contributed by atoms with van der Waals surface area (Å²) in [5.41, 5.74) is 2.74. The second kappa shape index (κ2) is 8.73. The maximum absolute atomic E-state index is 11.8. The summed E-state index contributed by atoms with van der Waals surface area (Å²) >= 11 is 0. The maximum atomic E-state index is 11.8. The van der Waals surface area contributed by atoms with Crippen LogP contribution in [0.5, 0.6) is 5.75 Å². The average Bonchev–Trinajstić information content (AvgIpc) is 2.55. The number of aryl methyl sites for hydroxylation is 2. The van der Waals surface area contributed by atoms with Crippen molar-refractivity contribution in [3.63, 3.8) is 0 Å². The molecule has 0 saturated heterocycles. The molecule has 132 valence electrons. The first kappa shape index (κ1) is 18.3. The molecule has 0 unspecified atom stereocenters. The number of anilines is 1. The first-order chi connectivity index (χ1) is 11.9. The van der Waals surface area contributed by atoms with E-state index in [9.17, 15) is 9.59 Å². The number of hydrogen-bond acceptors (Lipinski definition) is 4. The standard InChI is InChI=1S/C19H22N2O4/c1-13-7-9-16(10-8-13)21-19(23)24-15(3)12-20-18(22)25-17-6-4-5-14(2)11-17/h4-11,15H,12H2,1-3H3,(H,20,22)(H,21,23)/t15-/m0/s1. The molecule has 0 aliphatic carbocycles. The molecule has 0 heterocycles. The minimum Gasteiger partial charge on any atom is -0.444 e. The summed E-state index contributed by atoms with van der Waals surface area (Å²) in [5, 5.41) is 5.19. The molecule has 6 heteroatoms. The van der Waals surface area contributed by atoms with Crippen LogP contribution in [0.25, 0.3) is 0 Å². The number of ether oxygens (including phenoxy) is 2. The van der Waals surface area contributed by atoms with Crippen LogP contribution in [0.2, 0.25) is 0 Å². The molecule has 0 bridgehead atoms. The number of carbonyl (C=O) groups excluding carboxylic acids is 2. The zero-order chi connectivity index (χ0) is 18.2. The molecule has 2 aromatic carbocycles. The lowest BCUT2D eigenvalue weighted by molar-refractivity contribution is 0.118. The van der Waals surface area contributed by atoms with E-state index in [1.807, 2.05) is 32.0 Å². The lowest BCUT2D eigenvalue weighted by atomic mass is 10.2. The van der Waals surface area contributed by atoms with Crippen molar-refractivity contribution in [1.82, 2.24) is 5.32 Å². The average molecular weight is 342 g/mol. The molecule has 25 heavy (non-hydrogen) atoms. The van der Waals surface area contributed by atoms with Gasteiger partial charge in [0.1, 0.15) is 11.9 Å². The number of rotatable bonds is 5. The molecule has 2 aromatic rings. The SMILES string of the molecule is Cc1ccc(NC(=O)O[C@@H](C)CNC(=O)Oc2cccc(C)c2)cc1. The predicted molar refractivity (Wildman–Crippen MR) is 96.0 cm³/mol. The molecule has 2 N–H and O–H groups in total. The van der Waals surface area contributed by atoms with Crippen molar-refractivity contribution in [2.24, 2.45) is 0 Å². The fraction of sp³-hybridized carbons (Fsp3) is 0.263. The van der Waals surface area contributed by atoms with Crippen molar-refractivity contribution in [3.05, 3.63) is 59.7 Å². The largest absolute Gasteiger partial charge is 0.444 e. The van der Waals surface area contributed by atoms with Crippen molar-refractivity contribution in [3.8, 4) is 5.75 Å². The molecule has 0 radical (unpaired) electrons. The van der Waals surface area contributed by atoms with E-state index in [4.69, 9.17) is 9.47 Å². The number of nitrogens with one attached hydrogen (secondary N) is 2. The highest BCUT2D eigenvalue weighted by Gasteiger charge is 2.12. The Morgan fingerprint density at radius 2 is 1.72 bits per heavy atom. The van der Waals surface area contributed by atoms with E-state index in [2.05, 4.69) is 10.6 Å². The van der Waals surface area contributed by atoms with Crippen molar-refractivity contribution in [2.45, 2.75) is 26.9 Å². The molecular formula is C19H22N2O4. The molecule has 6 nitrogen and oxygen atoms in total. The monoisotopic (exact) mass is 342 g/mol. The fourth-order valence-electron chi connectivity index (χ4n) is 2.06. The Kier molecular flexibility index (Phi) is 6.39. The maximum Gasteiger partial charge on any atom is 0.412 e. The molecule has 0 aromatic heterocycles. The highest BCUT2D eigenvalue weighted by atomic mass is 16.6. The molecule has 0 aliphatic rings. The topological polar surface area (TPSA) is 76.7 Å². The number of benzene rings is 2. The molecule has 0 spiro atoms. The van der Waals surface area contributed by atoms with Crippen molar-refractivity contribution in [1.29, 1.82) is 0 Å². The smallest absolute Gasteiger partial charge is 0.412 e. The van der Waals surface area contributed by atoms with Gasteiger partial charge in [0.05, 0.1) is 6.54 Å². The first-order valence-corrected chi connectivity index (χ1v) is 7.99. The highest BCUT2D eigenvalue weighted by Crippen LogP contribution is 2.12. The Morgan fingerprint density at radius 3 is 2.40 bits per heavy atom. The van der Waals surface area contributed by atoms with E-state index in [0.717, 1.165) is 11.1 Å². The van der Waals surface area contributed by atoms with Crippen LogP contribution in [0.4, 0.5) is 15.3 Å².